The second-order valence-corrected chi connectivity index (χ2v) is 7.07. The Morgan fingerprint density at radius 1 is 1.09 bits per heavy atom. The molecule has 0 aliphatic carbocycles. The highest BCUT2D eigenvalue weighted by molar-refractivity contribution is 14.0. The molecule has 0 bridgehead atoms. The molecule has 0 fully saturated rings. The van der Waals surface area contributed by atoms with Crippen LogP contribution in [0.1, 0.15) is 60.8 Å². The molecule has 0 rings (SSSR count). The maximum Gasteiger partial charge on any atom is 0.408 e. The van der Waals surface area contributed by atoms with Crippen molar-refractivity contribution >= 4 is 36.0 Å². The van der Waals surface area contributed by atoms with Crippen molar-refractivity contribution in [3.8, 4) is 0 Å². The molecule has 3 N–H and O–H groups in total. The van der Waals surface area contributed by atoms with Gasteiger partial charge in [-0.25, -0.2) is 4.79 Å². The monoisotopic (exact) mass is 442 g/mol. The van der Waals surface area contributed by atoms with Crippen LogP contribution in [0.4, 0.5) is 4.79 Å². The van der Waals surface area contributed by atoms with E-state index in [-0.39, 0.29) is 24.0 Å². The topological polar surface area (TPSA) is 74.8 Å². The predicted octanol–water partition coefficient (Wildman–Crippen LogP) is 3.26. The van der Waals surface area contributed by atoms with Gasteiger partial charge in [0, 0.05) is 20.1 Å². The molecular weight excluding hydrogens is 407 g/mol. The third-order valence-electron chi connectivity index (χ3n) is 2.83. The molecule has 0 radical (unpaired) electrons. The molecule has 0 saturated carbocycles. The molecule has 7 heteroatoms. The zero-order chi connectivity index (χ0) is 17.2. The summed E-state index contributed by atoms with van der Waals surface area (Å²) in [6.45, 7) is 13.0. The van der Waals surface area contributed by atoms with E-state index in [0.29, 0.717) is 6.54 Å². The fraction of sp³-hybridized carbons (Fsp3) is 0.875. The number of hydrogen-bond donors (Lipinski definition) is 3. The van der Waals surface area contributed by atoms with Crippen LogP contribution in [0.3, 0.4) is 0 Å². The van der Waals surface area contributed by atoms with E-state index in [2.05, 4.69) is 27.9 Å². The fourth-order valence-corrected chi connectivity index (χ4v) is 1.73. The van der Waals surface area contributed by atoms with Crippen molar-refractivity contribution in [2.24, 2.45) is 4.99 Å². The molecule has 0 aliphatic rings. The predicted molar refractivity (Wildman–Crippen MR) is 108 cm³/mol. The first-order valence-corrected chi connectivity index (χ1v) is 8.05. The molecule has 0 aliphatic heterocycles. The molecule has 0 atom stereocenters. The third-order valence-corrected chi connectivity index (χ3v) is 2.83. The smallest absolute Gasteiger partial charge is 0.408 e. The number of carbonyl (C=O) groups is 1. The number of amides is 1. The molecule has 0 aromatic heterocycles. The number of nitrogens with one attached hydrogen (secondary N) is 3. The van der Waals surface area contributed by atoms with Gasteiger partial charge in [-0.2, -0.15) is 0 Å². The van der Waals surface area contributed by atoms with Gasteiger partial charge >= 0.3 is 6.09 Å². The van der Waals surface area contributed by atoms with Crippen LogP contribution in [-0.2, 0) is 4.74 Å². The lowest BCUT2D eigenvalue weighted by Crippen LogP contribution is -2.54. The normalized spacial score (nSPS) is 12.2. The largest absolute Gasteiger partial charge is 0.444 e. The first-order chi connectivity index (χ1) is 10.1. The Morgan fingerprint density at radius 2 is 1.70 bits per heavy atom. The first kappa shape index (κ1) is 24.5. The second-order valence-electron chi connectivity index (χ2n) is 7.07. The molecule has 0 spiro atoms. The lowest BCUT2D eigenvalue weighted by molar-refractivity contribution is 0.0474. The second kappa shape index (κ2) is 11.8. The molecule has 1 amide bonds. The van der Waals surface area contributed by atoms with Crippen LogP contribution in [0.2, 0.25) is 0 Å². The highest BCUT2D eigenvalue weighted by Gasteiger charge is 2.24. The van der Waals surface area contributed by atoms with Gasteiger partial charge < -0.3 is 20.7 Å². The van der Waals surface area contributed by atoms with Gasteiger partial charge in [0.25, 0.3) is 0 Å². The summed E-state index contributed by atoms with van der Waals surface area (Å²) >= 11 is 0. The molecule has 0 aromatic rings. The van der Waals surface area contributed by atoms with Gasteiger partial charge in [-0.05, 0) is 41.0 Å². The van der Waals surface area contributed by atoms with Gasteiger partial charge in [0.05, 0.1) is 5.54 Å². The summed E-state index contributed by atoms with van der Waals surface area (Å²) in [5, 5.41) is 9.35. The van der Waals surface area contributed by atoms with E-state index in [1.165, 1.54) is 12.8 Å². The van der Waals surface area contributed by atoms with Crippen LogP contribution in [0.15, 0.2) is 4.99 Å². The van der Waals surface area contributed by atoms with Crippen LogP contribution in [0, 0.1) is 0 Å². The number of alkyl carbamates (subject to hydrolysis) is 1. The van der Waals surface area contributed by atoms with Crippen molar-refractivity contribution < 1.29 is 9.53 Å². The fourth-order valence-electron chi connectivity index (χ4n) is 1.73. The lowest BCUT2D eigenvalue weighted by atomic mass is 10.1. The Hall–Kier alpha value is -0.730. The van der Waals surface area contributed by atoms with Crippen molar-refractivity contribution in [1.82, 2.24) is 16.0 Å². The van der Waals surface area contributed by atoms with E-state index in [9.17, 15) is 4.79 Å². The zero-order valence-corrected chi connectivity index (χ0v) is 18.0. The van der Waals surface area contributed by atoms with Gasteiger partial charge in [0.15, 0.2) is 5.96 Å². The van der Waals surface area contributed by atoms with Gasteiger partial charge in [-0.15, -0.1) is 24.0 Å². The van der Waals surface area contributed by atoms with Gasteiger partial charge in [0.1, 0.15) is 5.60 Å². The summed E-state index contributed by atoms with van der Waals surface area (Å²) in [4.78, 5) is 16.0. The molecule has 0 aromatic carbocycles. The Bertz CT molecular complexity index is 366. The van der Waals surface area contributed by atoms with Crippen LogP contribution in [0.25, 0.3) is 0 Å². The summed E-state index contributed by atoms with van der Waals surface area (Å²) in [7, 11) is 1.74. The highest BCUT2D eigenvalue weighted by Crippen LogP contribution is 2.09. The molecule has 6 nitrogen and oxygen atoms in total. The molecule has 0 saturated heterocycles. The first-order valence-electron chi connectivity index (χ1n) is 8.05. The SMILES string of the molecule is CCCCCNC(=NC)NCC(C)(C)NC(=O)OC(C)(C)C.I. The van der Waals surface area contributed by atoms with Crippen molar-refractivity contribution in [3.05, 3.63) is 0 Å². The Kier molecular flexibility index (Phi) is 12.5. The minimum Gasteiger partial charge on any atom is -0.444 e. The molecule has 23 heavy (non-hydrogen) atoms. The summed E-state index contributed by atoms with van der Waals surface area (Å²) in [5.41, 5.74) is -0.937. The van der Waals surface area contributed by atoms with E-state index in [0.717, 1.165) is 18.9 Å². The minimum atomic E-state index is -0.496. The molecular formula is C16H35IN4O2. The molecule has 0 unspecified atom stereocenters. The van der Waals surface area contributed by atoms with Crippen LogP contribution in [0.5, 0.6) is 0 Å². The number of guanidine groups is 1. The number of nitrogens with zero attached hydrogens (tertiary/aromatic N) is 1. The van der Waals surface area contributed by atoms with Gasteiger partial charge in [-0.3, -0.25) is 4.99 Å². The number of halogens is 1. The molecule has 0 heterocycles. The summed E-state index contributed by atoms with van der Waals surface area (Å²) in [6.07, 6.45) is 3.11. The Balaban J connectivity index is 0. The van der Waals surface area contributed by atoms with Crippen LogP contribution < -0.4 is 16.0 Å². The Morgan fingerprint density at radius 3 is 2.17 bits per heavy atom. The van der Waals surface area contributed by atoms with E-state index in [1.54, 1.807) is 7.05 Å². The maximum absolute atomic E-state index is 11.8. The summed E-state index contributed by atoms with van der Waals surface area (Å²) in [6, 6.07) is 0. The quantitative estimate of drug-likeness (QED) is 0.245. The number of aliphatic imine (C=N–C) groups is 1. The van der Waals surface area contributed by atoms with Crippen LogP contribution in [-0.4, -0.2) is 43.3 Å². The summed E-state index contributed by atoms with van der Waals surface area (Å²) < 4.78 is 5.27. The van der Waals surface area contributed by atoms with Crippen molar-refractivity contribution in [1.29, 1.82) is 0 Å². The number of unbranched alkanes of at least 4 members (excludes halogenated alkanes) is 2. The number of rotatable bonds is 7. The number of carbonyl (C=O) groups excluding carboxylic acids is 1. The van der Waals surface area contributed by atoms with Gasteiger partial charge in [0.2, 0.25) is 0 Å². The van der Waals surface area contributed by atoms with E-state index in [1.807, 2.05) is 34.6 Å². The average molecular weight is 442 g/mol. The van der Waals surface area contributed by atoms with Crippen LogP contribution >= 0.6 is 24.0 Å². The minimum absolute atomic E-state index is 0. The zero-order valence-electron chi connectivity index (χ0n) is 15.7. The van der Waals surface area contributed by atoms with Crippen molar-refractivity contribution in [2.45, 2.75) is 71.9 Å². The van der Waals surface area contributed by atoms with E-state index >= 15 is 0 Å². The van der Waals surface area contributed by atoms with Crippen molar-refractivity contribution in [2.75, 3.05) is 20.1 Å². The third kappa shape index (κ3) is 14.6. The standard InChI is InChI=1S/C16H34N4O2.HI/c1-8-9-10-11-18-13(17-7)19-12-16(5,6)20-14(21)22-15(2,3)4;/h8-12H2,1-7H3,(H,20,21)(H2,17,18,19);1H. The summed E-state index contributed by atoms with van der Waals surface area (Å²) in [5.74, 6) is 0.746. The maximum atomic E-state index is 11.8. The van der Waals surface area contributed by atoms with Gasteiger partial charge in [-0.1, -0.05) is 19.8 Å². The lowest BCUT2D eigenvalue weighted by Gasteiger charge is -2.29. The molecule has 138 valence electrons. The van der Waals surface area contributed by atoms with E-state index in [4.69, 9.17) is 4.74 Å². The average Bonchev–Trinajstić information content (AvgIpc) is 2.34. The number of hydrogen-bond acceptors (Lipinski definition) is 3. The highest BCUT2D eigenvalue weighted by atomic mass is 127. The van der Waals surface area contributed by atoms with Crippen molar-refractivity contribution in [3.63, 3.8) is 0 Å². The Labute approximate surface area is 158 Å². The van der Waals surface area contributed by atoms with E-state index < -0.39 is 17.2 Å². The number of ether oxygens (including phenoxy) is 1.